The Labute approximate surface area is 107 Å². The molecule has 0 atom stereocenters. The van der Waals surface area contributed by atoms with E-state index >= 15 is 0 Å². The number of nitrogens with two attached hydrogens (primary N) is 1. The normalized spacial score (nSPS) is 12.2. The van der Waals surface area contributed by atoms with Gasteiger partial charge in [0.1, 0.15) is 10.6 Å². The van der Waals surface area contributed by atoms with Crippen LogP contribution in [0.5, 0.6) is 0 Å². The third-order valence-electron chi connectivity index (χ3n) is 2.36. The van der Waals surface area contributed by atoms with Crippen LogP contribution in [0.3, 0.4) is 0 Å². The summed E-state index contributed by atoms with van der Waals surface area (Å²) in [7, 11) is -3.80. The SMILES string of the molecule is CC(C)NC(=O)c1cc(S(N)(=O)=O)cn1C(C)C. The molecule has 3 N–H and O–H groups in total. The van der Waals surface area contributed by atoms with Gasteiger partial charge >= 0.3 is 0 Å². The predicted molar refractivity (Wildman–Crippen MR) is 68.8 cm³/mol. The molecule has 0 radical (unpaired) electrons. The molecule has 1 amide bonds. The third-order valence-corrected chi connectivity index (χ3v) is 3.24. The maximum absolute atomic E-state index is 12.0. The molecule has 1 aromatic heterocycles. The fourth-order valence-electron chi connectivity index (χ4n) is 1.55. The smallest absolute Gasteiger partial charge is 0.268 e. The molecule has 6 nitrogen and oxygen atoms in total. The van der Waals surface area contributed by atoms with Crippen molar-refractivity contribution in [3.8, 4) is 0 Å². The summed E-state index contributed by atoms with van der Waals surface area (Å²) in [6, 6.07) is 1.24. The molecule has 0 aliphatic heterocycles. The van der Waals surface area contributed by atoms with Gasteiger partial charge in [0.15, 0.2) is 0 Å². The number of carbonyl (C=O) groups is 1. The van der Waals surface area contributed by atoms with Crippen molar-refractivity contribution in [2.75, 3.05) is 0 Å². The van der Waals surface area contributed by atoms with Crippen LogP contribution in [0.1, 0.15) is 44.2 Å². The minimum atomic E-state index is -3.80. The fraction of sp³-hybridized carbons (Fsp3) is 0.545. The highest BCUT2D eigenvalue weighted by Gasteiger charge is 2.20. The first-order valence-corrected chi connectivity index (χ1v) is 7.23. The summed E-state index contributed by atoms with van der Waals surface area (Å²) in [5.74, 6) is -0.311. The molecular formula is C11H19N3O3S. The van der Waals surface area contributed by atoms with Crippen LogP contribution in [0.15, 0.2) is 17.2 Å². The lowest BCUT2D eigenvalue weighted by atomic mass is 10.3. The Morgan fingerprint density at radius 2 is 1.89 bits per heavy atom. The van der Waals surface area contributed by atoms with Crippen LogP contribution in [-0.4, -0.2) is 24.9 Å². The number of nitrogens with zero attached hydrogens (tertiary/aromatic N) is 1. The zero-order chi connectivity index (χ0) is 14.1. The van der Waals surface area contributed by atoms with Gasteiger partial charge in [-0.2, -0.15) is 0 Å². The van der Waals surface area contributed by atoms with E-state index in [2.05, 4.69) is 5.32 Å². The van der Waals surface area contributed by atoms with Gasteiger partial charge in [-0.3, -0.25) is 4.79 Å². The van der Waals surface area contributed by atoms with Gasteiger partial charge in [-0.1, -0.05) is 0 Å². The largest absolute Gasteiger partial charge is 0.349 e. The maximum atomic E-state index is 12.0. The minimum absolute atomic E-state index is 0.0223. The van der Waals surface area contributed by atoms with Gasteiger partial charge in [0.25, 0.3) is 5.91 Å². The number of aromatic nitrogens is 1. The molecule has 0 aliphatic carbocycles. The second-order valence-electron chi connectivity index (χ2n) is 4.74. The lowest BCUT2D eigenvalue weighted by Gasteiger charge is -2.14. The molecule has 7 heteroatoms. The average molecular weight is 273 g/mol. The highest BCUT2D eigenvalue weighted by molar-refractivity contribution is 7.89. The zero-order valence-electron chi connectivity index (χ0n) is 11.0. The summed E-state index contributed by atoms with van der Waals surface area (Å²) in [6.45, 7) is 7.39. The van der Waals surface area contributed by atoms with Crippen molar-refractivity contribution in [2.24, 2.45) is 5.14 Å². The first-order valence-electron chi connectivity index (χ1n) is 5.68. The number of sulfonamides is 1. The summed E-state index contributed by atoms with van der Waals surface area (Å²) in [5, 5.41) is 7.79. The van der Waals surface area contributed by atoms with Crippen LogP contribution in [-0.2, 0) is 10.0 Å². The molecule has 0 saturated carbocycles. The van der Waals surface area contributed by atoms with Crippen LogP contribution in [0, 0.1) is 0 Å². The van der Waals surface area contributed by atoms with Crippen LogP contribution in [0.25, 0.3) is 0 Å². The molecule has 102 valence electrons. The Morgan fingerprint density at radius 3 is 2.28 bits per heavy atom. The number of amides is 1. The van der Waals surface area contributed by atoms with E-state index in [0.717, 1.165) is 0 Å². The van der Waals surface area contributed by atoms with Gasteiger partial charge in [0.05, 0.1) is 0 Å². The summed E-state index contributed by atoms with van der Waals surface area (Å²) in [6.07, 6.45) is 1.38. The van der Waals surface area contributed by atoms with Gasteiger partial charge in [0, 0.05) is 18.3 Å². The number of rotatable bonds is 4. The van der Waals surface area contributed by atoms with Crippen molar-refractivity contribution in [1.82, 2.24) is 9.88 Å². The van der Waals surface area contributed by atoms with E-state index in [1.54, 1.807) is 4.57 Å². The van der Waals surface area contributed by atoms with Crippen molar-refractivity contribution < 1.29 is 13.2 Å². The van der Waals surface area contributed by atoms with Crippen molar-refractivity contribution in [3.05, 3.63) is 18.0 Å². The van der Waals surface area contributed by atoms with Crippen LogP contribution in [0.4, 0.5) is 0 Å². The zero-order valence-corrected chi connectivity index (χ0v) is 11.8. The van der Waals surface area contributed by atoms with Gasteiger partial charge in [-0.15, -0.1) is 0 Å². The summed E-state index contributed by atoms with van der Waals surface area (Å²) in [4.78, 5) is 11.9. The number of hydrogen-bond acceptors (Lipinski definition) is 3. The van der Waals surface area contributed by atoms with Crippen molar-refractivity contribution in [3.63, 3.8) is 0 Å². The molecule has 18 heavy (non-hydrogen) atoms. The fourth-order valence-corrected chi connectivity index (χ4v) is 2.09. The molecule has 0 aliphatic rings. The molecule has 0 unspecified atom stereocenters. The first kappa shape index (κ1) is 14.7. The highest BCUT2D eigenvalue weighted by atomic mass is 32.2. The molecule has 0 spiro atoms. The Bertz CT molecular complexity index is 544. The number of carbonyl (C=O) groups excluding carboxylic acids is 1. The average Bonchev–Trinajstić information content (AvgIpc) is 2.59. The number of primary sulfonamides is 1. The van der Waals surface area contributed by atoms with Crippen molar-refractivity contribution >= 4 is 15.9 Å². The molecule has 1 heterocycles. The Hall–Kier alpha value is -1.34. The highest BCUT2D eigenvalue weighted by Crippen LogP contribution is 2.18. The van der Waals surface area contributed by atoms with Gasteiger partial charge in [-0.05, 0) is 33.8 Å². The van der Waals surface area contributed by atoms with E-state index in [1.165, 1.54) is 12.3 Å². The van der Waals surface area contributed by atoms with Gasteiger partial charge < -0.3 is 9.88 Å². The third kappa shape index (κ3) is 3.33. The number of nitrogens with one attached hydrogen (secondary N) is 1. The lowest BCUT2D eigenvalue weighted by Crippen LogP contribution is -2.31. The molecule has 0 fully saturated rings. The predicted octanol–water partition coefficient (Wildman–Crippen LogP) is 0.855. The topological polar surface area (TPSA) is 94.2 Å². The minimum Gasteiger partial charge on any atom is -0.349 e. The quantitative estimate of drug-likeness (QED) is 0.851. The molecule has 0 aromatic carbocycles. The van der Waals surface area contributed by atoms with Crippen LogP contribution in [0.2, 0.25) is 0 Å². The van der Waals surface area contributed by atoms with E-state index in [-0.39, 0.29) is 22.9 Å². The van der Waals surface area contributed by atoms with E-state index in [9.17, 15) is 13.2 Å². The standard InChI is InChI=1S/C11H19N3O3S/c1-7(2)13-11(15)10-5-9(18(12,16)17)6-14(10)8(3)4/h5-8H,1-4H3,(H,13,15)(H2,12,16,17). The van der Waals surface area contributed by atoms with Crippen LogP contribution < -0.4 is 10.5 Å². The molecule has 0 saturated heterocycles. The molecule has 1 rings (SSSR count). The Morgan fingerprint density at radius 1 is 1.33 bits per heavy atom. The summed E-state index contributed by atoms with van der Waals surface area (Å²) < 4.78 is 24.2. The second kappa shape index (κ2) is 5.11. The van der Waals surface area contributed by atoms with Crippen molar-refractivity contribution in [1.29, 1.82) is 0 Å². The van der Waals surface area contributed by atoms with Gasteiger partial charge in [0.2, 0.25) is 10.0 Å². The Balaban J connectivity index is 3.26. The second-order valence-corrected chi connectivity index (χ2v) is 6.30. The summed E-state index contributed by atoms with van der Waals surface area (Å²) >= 11 is 0. The van der Waals surface area contributed by atoms with Crippen LogP contribution >= 0.6 is 0 Å². The first-order chi connectivity index (χ1) is 8.12. The number of hydrogen-bond donors (Lipinski definition) is 2. The molecule has 0 bridgehead atoms. The lowest BCUT2D eigenvalue weighted by molar-refractivity contribution is 0.0932. The monoisotopic (exact) mass is 273 g/mol. The Kier molecular flexibility index (Phi) is 4.18. The van der Waals surface area contributed by atoms with E-state index in [0.29, 0.717) is 5.69 Å². The van der Waals surface area contributed by atoms with E-state index in [4.69, 9.17) is 5.14 Å². The molecular weight excluding hydrogens is 254 g/mol. The van der Waals surface area contributed by atoms with Gasteiger partial charge in [-0.25, -0.2) is 13.6 Å². The maximum Gasteiger partial charge on any atom is 0.268 e. The summed E-state index contributed by atoms with van der Waals surface area (Å²) in [5.41, 5.74) is 0.294. The molecule has 1 aromatic rings. The van der Waals surface area contributed by atoms with E-state index in [1.807, 2.05) is 27.7 Å². The van der Waals surface area contributed by atoms with E-state index < -0.39 is 10.0 Å². The van der Waals surface area contributed by atoms with Crippen molar-refractivity contribution in [2.45, 2.75) is 44.7 Å².